The predicted octanol–water partition coefficient (Wildman–Crippen LogP) is 4.65. The molecule has 1 aromatic carbocycles. The lowest BCUT2D eigenvalue weighted by Gasteiger charge is -2.12. The second-order valence-corrected chi connectivity index (χ2v) is 5.12. The summed E-state index contributed by atoms with van der Waals surface area (Å²) >= 11 is 11.6. The van der Waals surface area contributed by atoms with E-state index in [0.717, 1.165) is 18.2 Å². The molecule has 0 fully saturated rings. The van der Waals surface area contributed by atoms with Gasteiger partial charge in [0.25, 0.3) is 0 Å². The van der Waals surface area contributed by atoms with Crippen molar-refractivity contribution in [2.45, 2.75) is 12.8 Å². The Bertz CT molecular complexity index is 656. The highest BCUT2D eigenvalue weighted by Gasteiger charge is 2.22. The van der Waals surface area contributed by atoms with Crippen LogP contribution in [0.1, 0.15) is 28.9 Å². The maximum atomic E-state index is 13.2. The van der Waals surface area contributed by atoms with Crippen LogP contribution in [0.15, 0.2) is 30.5 Å². The van der Waals surface area contributed by atoms with Crippen LogP contribution in [0.5, 0.6) is 0 Å². The summed E-state index contributed by atoms with van der Waals surface area (Å²) in [5.41, 5.74) is 0.244. The number of carbonyl (C=O) groups is 1. The molecule has 2 rings (SSSR count). The number of benzene rings is 1. The summed E-state index contributed by atoms with van der Waals surface area (Å²) in [4.78, 5) is 16.1. The standard InChI is InChI=1S/C14H9Cl2F2NO/c1-7(8-2-10(17)5-11(18)3-8)14(20)13-12(16)4-9(15)6-19-13/h2-7H,1H3. The lowest BCUT2D eigenvalue weighted by molar-refractivity contribution is 0.0961. The first-order valence-corrected chi connectivity index (χ1v) is 6.45. The fourth-order valence-electron chi connectivity index (χ4n) is 1.78. The lowest BCUT2D eigenvalue weighted by atomic mass is 9.94. The molecule has 0 amide bonds. The average Bonchev–Trinajstić information content (AvgIpc) is 2.36. The molecular formula is C14H9Cl2F2NO. The van der Waals surface area contributed by atoms with Gasteiger partial charge in [0.1, 0.15) is 17.3 Å². The SMILES string of the molecule is CC(C(=O)c1ncc(Cl)cc1Cl)c1cc(F)cc(F)c1. The molecule has 20 heavy (non-hydrogen) atoms. The molecule has 0 bridgehead atoms. The molecule has 1 heterocycles. The zero-order valence-electron chi connectivity index (χ0n) is 10.3. The zero-order chi connectivity index (χ0) is 14.9. The molecule has 104 valence electrons. The molecule has 1 unspecified atom stereocenters. The Morgan fingerprint density at radius 2 is 1.75 bits per heavy atom. The third-order valence-corrected chi connectivity index (χ3v) is 3.31. The van der Waals surface area contributed by atoms with Gasteiger partial charge in [0.05, 0.1) is 10.0 Å². The Morgan fingerprint density at radius 3 is 2.30 bits per heavy atom. The van der Waals surface area contributed by atoms with Crippen LogP contribution in [0.3, 0.4) is 0 Å². The van der Waals surface area contributed by atoms with Crippen molar-refractivity contribution in [3.63, 3.8) is 0 Å². The number of nitrogens with zero attached hydrogens (tertiary/aromatic N) is 1. The van der Waals surface area contributed by atoms with E-state index in [-0.39, 0.29) is 16.3 Å². The van der Waals surface area contributed by atoms with Crippen LogP contribution >= 0.6 is 23.2 Å². The molecule has 1 atom stereocenters. The fourth-order valence-corrected chi connectivity index (χ4v) is 2.25. The van der Waals surface area contributed by atoms with E-state index in [0.29, 0.717) is 5.02 Å². The number of pyridine rings is 1. The normalized spacial score (nSPS) is 12.2. The maximum Gasteiger partial charge on any atom is 0.189 e. The van der Waals surface area contributed by atoms with E-state index in [1.165, 1.54) is 19.2 Å². The molecule has 0 aliphatic rings. The van der Waals surface area contributed by atoms with Crippen LogP contribution in [0.2, 0.25) is 10.0 Å². The molecule has 0 spiro atoms. The van der Waals surface area contributed by atoms with Crippen molar-refractivity contribution in [1.82, 2.24) is 4.98 Å². The second-order valence-electron chi connectivity index (χ2n) is 4.27. The minimum atomic E-state index is -0.772. The molecule has 2 nitrogen and oxygen atoms in total. The monoisotopic (exact) mass is 315 g/mol. The van der Waals surface area contributed by atoms with Crippen molar-refractivity contribution in [2.24, 2.45) is 0 Å². The number of carbonyl (C=O) groups excluding carboxylic acids is 1. The van der Waals surface area contributed by atoms with Gasteiger partial charge in [-0.2, -0.15) is 0 Å². The van der Waals surface area contributed by atoms with E-state index in [9.17, 15) is 13.6 Å². The number of Topliss-reactive ketones (excluding diaryl/α,β-unsaturated/α-hetero) is 1. The summed E-state index contributed by atoms with van der Waals surface area (Å²) in [5.74, 6) is -2.69. The van der Waals surface area contributed by atoms with Gasteiger partial charge in [-0.25, -0.2) is 13.8 Å². The first kappa shape index (κ1) is 14.9. The Hall–Kier alpha value is -1.52. The van der Waals surface area contributed by atoms with E-state index in [4.69, 9.17) is 23.2 Å². The minimum Gasteiger partial charge on any atom is -0.292 e. The maximum absolute atomic E-state index is 13.2. The molecule has 1 aromatic heterocycles. The quantitative estimate of drug-likeness (QED) is 0.771. The van der Waals surface area contributed by atoms with Crippen LogP contribution in [0, 0.1) is 11.6 Å². The van der Waals surface area contributed by atoms with Crippen molar-refractivity contribution in [3.05, 3.63) is 63.4 Å². The third-order valence-electron chi connectivity index (χ3n) is 2.82. The highest BCUT2D eigenvalue weighted by molar-refractivity contribution is 6.36. The second kappa shape index (κ2) is 5.85. The van der Waals surface area contributed by atoms with Crippen LogP contribution in [0.4, 0.5) is 8.78 Å². The first-order valence-electron chi connectivity index (χ1n) is 5.69. The number of halogens is 4. The van der Waals surface area contributed by atoms with Crippen LogP contribution in [-0.2, 0) is 0 Å². The Labute approximate surface area is 124 Å². The number of hydrogen-bond acceptors (Lipinski definition) is 2. The van der Waals surface area contributed by atoms with E-state index in [2.05, 4.69) is 4.98 Å². The van der Waals surface area contributed by atoms with Crippen LogP contribution in [-0.4, -0.2) is 10.8 Å². The molecule has 0 saturated carbocycles. The lowest BCUT2D eigenvalue weighted by Crippen LogP contribution is -2.12. The van der Waals surface area contributed by atoms with Gasteiger partial charge in [-0.15, -0.1) is 0 Å². The van der Waals surface area contributed by atoms with Crippen molar-refractivity contribution >= 4 is 29.0 Å². The Kier molecular flexibility index (Phi) is 4.35. The smallest absolute Gasteiger partial charge is 0.189 e. The predicted molar refractivity (Wildman–Crippen MR) is 73.4 cm³/mol. The van der Waals surface area contributed by atoms with Gasteiger partial charge in [-0.1, -0.05) is 30.1 Å². The molecule has 0 aliphatic carbocycles. The highest BCUT2D eigenvalue weighted by Crippen LogP contribution is 2.26. The van der Waals surface area contributed by atoms with Crippen molar-refractivity contribution in [2.75, 3.05) is 0 Å². The van der Waals surface area contributed by atoms with Gasteiger partial charge in [-0.3, -0.25) is 4.79 Å². The average molecular weight is 316 g/mol. The zero-order valence-corrected chi connectivity index (χ0v) is 11.8. The molecule has 0 saturated heterocycles. The molecule has 0 aliphatic heterocycles. The van der Waals surface area contributed by atoms with Gasteiger partial charge in [0, 0.05) is 18.2 Å². The van der Waals surface area contributed by atoms with Crippen LogP contribution in [0.25, 0.3) is 0 Å². The molecule has 0 N–H and O–H groups in total. The van der Waals surface area contributed by atoms with E-state index >= 15 is 0 Å². The summed E-state index contributed by atoms with van der Waals surface area (Å²) in [5, 5.41) is 0.405. The van der Waals surface area contributed by atoms with Gasteiger partial charge in [0.15, 0.2) is 5.78 Å². The van der Waals surface area contributed by atoms with Gasteiger partial charge < -0.3 is 0 Å². The highest BCUT2D eigenvalue weighted by atomic mass is 35.5. The van der Waals surface area contributed by atoms with E-state index in [1.54, 1.807) is 0 Å². The van der Waals surface area contributed by atoms with E-state index < -0.39 is 23.3 Å². The summed E-state index contributed by atoms with van der Waals surface area (Å²) < 4.78 is 26.4. The third kappa shape index (κ3) is 3.14. The number of hydrogen-bond donors (Lipinski definition) is 0. The summed E-state index contributed by atoms with van der Waals surface area (Å²) in [6, 6.07) is 4.35. The van der Waals surface area contributed by atoms with Crippen LogP contribution < -0.4 is 0 Å². The van der Waals surface area contributed by atoms with Crippen molar-refractivity contribution in [3.8, 4) is 0 Å². The summed E-state index contributed by atoms with van der Waals surface area (Å²) in [6.07, 6.45) is 1.29. The Morgan fingerprint density at radius 1 is 1.15 bits per heavy atom. The van der Waals surface area contributed by atoms with Crippen molar-refractivity contribution in [1.29, 1.82) is 0 Å². The fraction of sp³-hybridized carbons (Fsp3) is 0.143. The van der Waals surface area contributed by atoms with E-state index in [1.807, 2.05) is 0 Å². The minimum absolute atomic E-state index is 0.0215. The largest absolute Gasteiger partial charge is 0.292 e. The molecule has 6 heteroatoms. The van der Waals surface area contributed by atoms with Gasteiger partial charge >= 0.3 is 0 Å². The Balaban J connectivity index is 2.37. The molecule has 2 aromatic rings. The van der Waals surface area contributed by atoms with Crippen molar-refractivity contribution < 1.29 is 13.6 Å². The summed E-state index contributed by atoms with van der Waals surface area (Å²) in [6.45, 7) is 1.53. The molecule has 0 radical (unpaired) electrons. The molecular weight excluding hydrogens is 307 g/mol. The number of ketones is 1. The first-order chi connectivity index (χ1) is 9.38. The number of rotatable bonds is 3. The van der Waals surface area contributed by atoms with Gasteiger partial charge in [0.2, 0.25) is 0 Å². The summed E-state index contributed by atoms with van der Waals surface area (Å²) in [7, 11) is 0. The van der Waals surface area contributed by atoms with Gasteiger partial charge in [-0.05, 0) is 23.8 Å². The number of aromatic nitrogens is 1. The topological polar surface area (TPSA) is 30.0 Å².